The SMILES string of the molecule is CC(CCc1ccc(O)cc1)NCc1ccc(N2CCCC2=O)cc1. The van der Waals surface area contributed by atoms with Crippen molar-refractivity contribution in [3.63, 3.8) is 0 Å². The largest absolute Gasteiger partial charge is 0.508 e. The Bertz CT molecular complexity index is 695. The Morgan fingerprint density at radius 2 is 1.76 bits per heavy atom. The second kappa shape index (κ2) is 8.17. The van der Waals surface area contributed by atoms with Gasteiger partial charge in [0.05, 0.1) is 0 Å². The van der Waals surface area contributed by atoms with Gasteiger partial charge in [0.25, 0.3) is 0 Å². The van der Waals surface area contributed by atoms with E-state index in [0.29, 0.717) is 18.2 Å². The molecule has 1 fully saturated rings. The molecule has 1 unspecified atom stereocenters. The first-order valence-electron chi connectivity index (χ1n) is 9.02. The molecule has 0 saturated carbocycles. The van der Waals surface area contributed by atoms with Crippen molar-refractivity contribution in [2.24, 2.45) is 0 Å². The molecule has 1 aliphatic heterocycles. The molecule has 2 aromatic carbocycles. The first-order valence-corrected chi connectivity index (χ1v) is 9.02. The lowest BCUT2D eigenvalue weighted by molar-refractivity contribution is -0.117. The van der Waals surface area contributed by atoms with Gasteiger partial charge in [-0.25, -0.2) is 0 Å². The summed E-state index contributed by atoms with van der Waals surface area (Å²) in [4.78, 5) is 13.7. The van der Waals surface area contributed by atoms with E-state index in [1.807, 2.05) is 29.2 Å². The number of hydrogen-bond donors (Lipinski definition) is 2. The van der Waals surface area contributed by atoms with Crippen LogP contribution >= 0.6 is 0 Å². The van der Waals surface area contributed by atoms with Gasteiger partial charge in [-0.15, -0.1) is 0 Å². The summed E-state index contributed by atoms with van der Waals surface area (Å²) in [5, 5.41) is 12.9. The Kier molecular flexibility index (Phi) is 5.71. The first kappa shape index (κ1) is 17.5. The van der Waals surface area contributed by atoms with E-state index in [9.17, 15) is 9.90 Å². The number of nitrogens with one attached hydrogen (secondary N) is 1. The van der Waals surface area contributed by atoms with Crippen molar-refractivity contribution in [1.82, 2.24) is 5.32 Å². The summed E-state index contributed by atoms with van der Waals surface area (Å²) in [6.45, 7) is 3.85. The second-order valence-electron chi connectivity index (χ2n) is 6.80. The highest BCUT2D eigenvalue weighted by atomic mass is 16.3. The molecule has 0 spiro atoms. The number of carbonyl (C=O) groups excluding carboxylic acids is 1. The molecule has 1 heterocycles. The summed E-state index contributed by atoms with van der Waals surface area (Å²) in [6.07, 6.45) is 3.66. The van der Waals surface area contributed by atoms with Gasteiger partial charge < -0.3 is 15.3 Å². The fourth-order valence-corrected chi connectivity index (χ4v) is 3.15. The van der Waals surface area contributed by atoms with Gasteiger partial charge in [-0.05, 0) is 61.6 Å². The standard InChI is InChI=1S/C21H26N2O2/c1-16(4-5-17-8-12-20(24)13-9-17)22-15-18-6-10-19(11-7-18)23-14-2-3-21(23)25/h6-13,16,22,24H,2-5,14-15H2,1H3. The van der Waals surface area contributed by atoms with Crippen LogP contribution in [-0.4, -0.2) is 23.6 Å². The molecule has 1 amide bonds. The minimum absolute atomic E-state index is 0.230. The van der Waals surface area contributed by atoms with Crippen molar-refractivity contribution in [2.45, 2.75) is 45.2 Å². The van der Waals surface area contributed by atoms with Gasteiger partial charge in [0.1, 0.15) is 5.75 Å². The average molecular weight is 338 g/mol. The van der Waals surface area contributed by atoms with E-state index in [-0.39, 0.29) is 5.91 Å². The lowest BCUT2D eigenvalue weighted by atomic mass is 10.1. The fourth-order valence-electron chi connectivity index (χ4n) is 3.15. The van der Waals surface area contributed by atoms with E-state index >= 15 is 0 Å². The third kappa shape index (κ3) is 4.83. The summed E-state index contributed by atoms with van der Waals surface area (Å²) in [5.41, 5.74) is 3.48. The van der Waals surface area contributed by atoms with Crippen molar-refractivity contribution in [3.8, 4) is 5.75 Å². The number of benzene rings is 2. The molecule has 0 aromatic heterocycles. The van der Waals surface area contributed by atoms with Crippen LogP contribution in [0.15, 0.2) is 48.5 Å². The van der Waals surface area contributed by atoms with Crippen molar-refractivity contribution in [2.75, 3.05) is 11.4 Å². The van der Waals surface area contributed by atoms with Gasteiger partial charge in [-0.3, -0.25) is 4.79 Å². The number of nitrogens with zero attached hydrogens (tertiary/aromatic N) is 1. The van der Waals surface area contributed by atoms with Crippen LogP contribution in [0.1, 0.15) is 37.3 Å². The Hall–Kier alpha value is -2.33. The van der Waals surface area contributed by atoms with Crippen LogP contribution in [-0.2, 0) is 17.8 Å². The van der Waals surface area contributed by atoms with E-state index in [2.05, 4.69) is 24.4 Å². The van der Waals surface area contributed by atoms with E-state index in [4.69, 9.17) is 0 Å². The number of anilines is 1. The summed E-state index contributed by atoms with van der Waals surface area (Å²) in [7, 11) is 0. The molecule has 132 valence electrons. The molecule has 1 atom stereocenters. The number of rotatable bonds is 7. The highest BCUT2D eigenvalue weighted by molar-refractivity contribution is 5.95. The van der Waals surface area contributed by atoms with E-state index in [1.54, 1.807) is 12.1 Å². The van der Waals surface area contributed by atoms with Crippen LogP contribution in [0.3, 0.4) is 0 Å². The molecular formula is C21H26N2O2. The van der Waals surface area contributed by atoms with Crippen LogP contribution in [0.4, 0.5) is 5.69 Å². The third-order valence-electron chi connectivity index (χ3n) is 4.78. The highest BCUT2D eigenvalue weighted by Gasteiger charge is 2.21. The number of phenolic OH excluding ortho intramolecular Hbond substituents is 1. The molecule has 4 nitrogen and oxygen atoms in total. The van der Waals surface area contributed by atoms with Crippen LogP contribution < -0.4 is 10.2 Å². The number of aromatic hydroxyl groups is 1. The summed E-state index contributed by atoms with van der Waals surface area (Å²) < 4.78 is 0. The lowest BCUT2D eigenvalue weighted by Gasteiger charge is -2.17. The predicted molar refractivity (Wildman–Crippen MR) is 101 cm³/mol. The maximum absolute atomic E-state index is 11.8. The first-order chi connectivity index (χ1) is 12.1. The van der Waals surface area contributed by atoms with Gasteiger partial charge in [0.2, 0.25) is 5.91 Å². The van der Waals surface area contributed by atoms with Gasteiger partial charge in [0, 0.05) is 31.2 Å². The molecule has 0 aliphatic carbocycles. The van der Waals surface area contributed by atoms with Crippen LogP contribution in [0.2, 0.25) is 0 Å². The Morgan fingerprint density at radius 3 is 2.40 bits per heavy atom. The van der Waals surface area contributed by atoms with Gasteiger partial charge in [0.15, 0.2) is 0 Å². The summed E-state index contributed by atoms with van der Waals surface area (Å²) >= 11 is 0. The predicted octanol–water partition coefficient (Wildman–Crippen LogP) is 3.63. The topological polar surface area (TPSA) is 52.6 Å². The zero-order valence-electron chi connectivity index (χ0n) is 14.7. The third-order valence-corrected chi connectivity index (χ3v) is 4.78. The molecule has 2 N–H and O–H groups in total. The smallest absolute Gasteiger partial charge is 0.227 e. The zero-order valence-corrected chi connectivity index (χ0v) is 14.7. The summed E-state index contributed by atoms with van der Waals surface area (Å²) in [6, 6.07) is 16.1. The molecule has 1 saturated heterocycles. The molecule has 0 bridgehead atoms. The Morgan fingerprint density at radius 1 is 1.08 bits per heavy atom. The van der Waals surface area contributed by atoms with E-state index < -0.39 is 0 Å². The minimum Gasteiger partial charge on any atom is -0.508 e. The molecule has 3 rings (SSSR count). The van der Waals surface area contributed by atoms with Gasteiger partial charge in [-0.1, -0.05) is 24.3 Å². The maximum atomic E-state index is 11.8. The highest BCUT2D eigenvalue weighted by Crippen LogP contribution is 2.21. The molecule has 4 heteroatoms. The zero-order chi connectivity index (χ0) is 17.6. The summed E-state index contributed by atoms with van der Waals surface area (Å²) in [5.74, 6) is 0.544. The van der Waals surface area contributed by atoms with Crippen LogP contribution in [0.5, 0.6) is 5.75 Å². The van der Waals surface area contributed by atoms with Gasteiger partial charge in [-0.2, -0.15) is 0 Å². The van der Waals surface area contributed by atoms with Gasteiger partial charge >= 0.3 is 0 Å². The van der Waals surface area contributed by atoms with Crippen LogP contribution in [0, 0.1) is 0 Å². The number of aryl methyl sites for hydroxylation is 1. The second-order valence-corrected chi connectivity index (χ2v) is 6.80. The number of amides is 1. The minimum atomic E-state index is 0.230. The van der Waals surface area contributed by atoms with Crippen molar-refractivity contribution >= 4 is 11.6 Å². The molecule has 0 radical (unpaired) electrons. The normalized spacial score (nSPS) is 15.6. The molecule has 25 heavy (non-hydrogen) atoms. The average Bonchev–Trinajstić information content (AvgIpc) is 3.06. The quantitative estimate of drug-likeness (QED) is 0.810. The van der Waals surface area contributed by atoms with E-state index in [0.717, 1.165) is 38.0 Å². The number of phenols is 1. The molecule has 2 aromatic rings. The molecule has 1 aliphatic rings. The number of hydrogen-bond acceptors (Lipinski definition) is 3. The monoisotopic (exact) mass is 338 g/mol. The van der Waals surface area contributed by atoms with Crippen LogP contribution in [0.25, 0.3) is 0 Å². The Balaban J connectivity index is 1.44. The van der Waals surface area contributed by atoms with Crippen molar-refractivity contribution < 1.29 is 9.90 Å². The lowest BCUT2D eigenvalue weighted by Crippen LogP contribution is -2.26. The van der Waals surface area contributed by atoms with Crippen molar-refractivity contribution in [3.05, 3.63) is 59.7 Å². The van der Waals surface area contributed by atoms with E-state index in [1.165, 1.54) is 11.1 Å². The Labute approximate surface area is 149 Å². The molecular weight excluding hydrogens is 312 g/mol. The fraction of sp³-hybridized carbons (Fsp3) is 0.381. The number of carbonyl (C=O) groups is 1. The maximum Gasteiger partial charge on any atom is 0.227 e. The van der Waals surface area contributed by atoms with Crippen molar-refractivity contribution in [1.29, 1.82) is 0 Å².